The minimum atomic E-state index is -0.518. The average Bonchev–Trinajstić information content (AvgIpc) is 3.15. The zero-order chi connectivity index (χ0) is 33.3. The average molecular weight is 657 g/mol. The molecule has 8 rings (SSSR count). The molecule has 5 heterocycles. The number of aromatic nitrogens is 2. The van der Waals surface area contributed by atoms with Gasteiger partial charge in [-0.2, -0.15) is 10.2 Å². The third-order valence-corrected chi connectivity index (χ3v) is 12.0. The molecule has 1 aromatic heterocycles. The van der Waals surface area contributed by atoms with Crippen LogP contribution < -0.4 is 9.80 Å². The van der Waals surface area contributed by atoms with Crippen LogP contribution in [0.3, 0.4) is 0 Å². The maximum atomic E-state index is 14.5. The largest absolute Gasteiger partial charge is 0.507 e. The number of phenolic OH excluding ortho intramolecular Hbond substituents is 1. The number of hydrogen-bond acceptors (Lipinski definition) is 7. The first-order valence-electron chi connectivity index (χ1n) is 18.2. The Morgan fingerprint density at radius 2 is 1.37 bits per heavy atom. The Kier molecular flexibility index (Phi) is 8.74. The van der Waals surface area contributed by atoms with Crippen LogP contribution in [0.4, 0.5) is 11.4 Å². The Morgan fingerprint density at radius 1 is 0.735 bits per heavy atom. The molecule has 4 saturated heterocycles. The van der Waals surface area contributed by atoms with Crippen LogP contribution in [0.25, 0.3) is 11.3 Å². The van der Waals surface area contributed by atoms with Crippen LogP contribution >= 0.6 is 0 Å². The van der Waals surface area contributed by atoms with E-state index in [-0.39, 0.29) is 11.2 Å². The van der Waals surface area contributed by atoms with E-state index in [9.17, 15) is 9.90 Å². The van der Waals surface area contributed by atoms with Crippen LogP contribution in [-0.4, -0.2) is 89.9 Å². The zero-order valence-corrected chi connectivity index (χ0v) is 28.5. The monoisotopic (exact) mass is 656 g/mol. The summed E-state index contributed by atoms with van der Waals surface area (Å²) in [5.41, 5.74) is 4.55. The molecule has 4 fully saturated rings. The smallest absolute Gasteiger partial charge is 0.233 e. The summed E-state index contributed by atoms with van der Waals surface area (Å²) in [5.74, 6) is 1.28. The highest BCUT2D eigenvalue weighted by Gasteiger charge is 2.53. The number of likely N-dealkylation sites (tertiary alicyclic amines) is 2. The third kappa shape index (κ3) is 6.39. The maximum Gasteiger partial charge on any atom is 0.233 e. The fraction of sp³-hybridized carbons (Fsp3) is 0.439. The predicted molar refractivity (Wildman–Crippen MR) is 195 cm³/mol. The van der Waals surface area contributed by atoms with E-state index in [4.69, 9.17) is 0 Å². The maximum absolute atomic E-state index is 14.5. The van der Waals surface area contributed by atoms with E-state index < -0.39 is 5.41 Å². The van der Waals surface area contributed by atoms with E-state index in [0.717, 1.165) is 82.4 Å². The van der Waals surface area contributed by atoms with Crippen molar-refractivity contribution in [3.63, 3.8) is 0 Å². The van der Waals surface area contributed by atoms with E-state index in [0.29, 0.717) is 17.2 Å². The highest BCUT2D eigenvalue weighted by Crippen LogP contribution is 2.46. The molecule has 49 heavy (non-hydrogen) atoms. The molecule has 254 valence electrons. The molecule has 1 N–H and O–H groups in total. The quantitative estimate of drug-likeness (QED) is 0.253. The first-order valence-corrected chi connectivity index (χ1v) is 18.2. The molecule has 4 aliphatic heterocycles. The normalized spacial score (nSPS) is 21.0. The van der Waals surface area contributed by atoms with Gasteiger partial charge in [0, 0.05) is 62.5 Å². The number of benzene rings is 3. The SMILES string of the molecule is O=C(N1CC2(CCN(CC3CCN(c4ccccc4)CC3)CC2)C1)C1(c2ccccc2)CCN(c2cnnc(-c3ccccc3O)c2)CC1. The van der Waals surface area contributed by atoms with Gasteiger partial charge in [-0.3, -0.25) is 4.79 Å². The molecule has 0 atom stereocenters. The summed E-state index contributed by atoms with van der Waals surface area (Å²) in [6.07, 6.45) is 8.23. The van der Waals surface area contributed by atoms with Gasteiger partial charge in [0.15, 0.2) is 0 Å². The molecular formula is C41H48N6O2. The van der Waals surface area contributed by atoms with Gasteiger partial charge in [-0.1, -0.05) is 60.7 Å². The summed E-state index contributed by atoms with van der Waals surface area (Å²) in [6, 6.07) is 30.6. The lowest BCUT2D eigenvalue weighted by atomic mass is 9.67. The van der Waals surface area contributed by atoms with Gasteiger partial charge in [0.05, 0.1) is 23.0 Å². The molecule has 1 amide bonds. The molecule has 8 nitrogen and oxygen atoms in total. The van der Waals surface area contributed by atoms with Crippen LogP contribution in [0.1, 0.15) is 44.1 Å². The topological polar surface area (TPSA) is 76.0 Å². The Hall–Kier alpha value is -4.43. The van der Waals surface area contributed by atoms with Gasteiger partial charge >= 0.3 is 0 Å². The van der Waals surface area contributed by atoms with Crippen molar-refractivity contribution in [2.75, 3.05) is 68.7 Å². The zero-order valence-electron chi connectivity index (χ0n) is 28.5. The molecule has 4 aliphatic rings. The van der Waals surface area contributed by atoms with Gasteiger partial charge in [0.25, 0.3) is 0 Å². The molecule has 4 aromatic rings. The summed E-state index contributed by atoms with van der Waals surface area (Å²) in [5, 5.41) is 19.0. The second-order valence-electron chi connectivity index (χ2n) is 15.0. The molecule has 0 aliphatic carbocycles. The van der Waals surface area contributed by atoms with Crippen molar-refractivity contribution in [3.05, 3.63) is 103 Å². The van der Waals surface area contributed by atoms with Gasteiger partial charge < -0.3 is 24.7 Å². The lowest BCUT2D eigenvalue weighted by molar-refractivity contribution is -0.154. The van der Waals surface area contributed by atoms with Gasteiger partial charge in [-0.05, 0) is 93.4 Å². The van der Waals surface area contributed by atoms with E-state index in [2.05, 4.69) is 84.4 Å². The summed E-state index contributed by atoms with van der Waals surface area (Å²) >= 11 is 0. The number of nitrogens with zero attached hydrogens (tertiary/aromatic N) is 6. The number of phenols is 1. The number of hydrogen-bond donors (Lipinski definition) is 1. The van der Waals surface area contributed by atoms with Crippen LogP contribution in [0, 0.1) is 11.3 Å². The number of anilines is 2. The summed E-state index contributed by atoms with van der Waals surface area (Å²) in [6.45, 7) is 9.14. The standard InChI is InChI=1S/C41H48N6O2/c48-38-14-8-7-13-36(38)37-27-35(28-42-43-37)46-25-19-41(20-26-46,33-9-3-1-4-10-33)39(49)47-30-40(31-47)17-23-44(24-18-40)29-32-15-21-45(22-16-32)34-11-5-2-6-12-34/h1-14,27-28,32,48H,15-26,29-31H2. The van der Waals surface area contributed by atoms with Gasteiger partial charge in [0.1, 0.15) is 5.75 Å². The van der Waals surface area contributed by atoms with Crippen LogP contribution in [0.5, 0.6) is 5.75 Å². The van der Waals surface area contributed by atoms with E-state index in [1.54, 1.807) is 12.3 Å². The number of amides is 1. The number of aromatic hydroxyl groups is 1. The molecular weight excluding hydrogens is 608 g/mol. The molecule has 1 spiro atoms. The fourth-order valence-electron chi connectivity index (χ4n) is 8.99. The van der Waals surface area contributed by atoms with Crippen LogP contribution in [0.15, 0.2) is 97.2 Å². The number of para-hydroxylation sites is 2. The molecule has 0 saturated carbocycles. The molecule has 0 radical (unpaired) electrons. The second-order valence-corrected chi connectivity index (χ2v) is 15.0. The molecule has 0 bridgehead atoms. The Bertz CT molecular complexity index is 1720. The first kappa shape index (κ1) is 31.8. The number of rotatable bonds is 7. The van der Waals surface area contributed by atoms with E-state index >= 15 is 0 Å². The number of carbonyl (C=O) groups is 1. The summed E-state index contributed by atoms with van der Waals surface area (Å²) in [4.78, 5) is 24.3. The van der Waals surface area contributed by atoms with Crippen molar-refractivity contribution >= 4 is 17.3 Å². The van der Waals surface area contributed by atoms with Crippen molar-refractivity contribution in [3.8, 4) is 17.0 Å². The Balaban J connectivity index is 0.875. The van der Waals surface area contributed by atoms with Crippen molar-refractivity contribution in [2.45, 2.75) is 43.9 Å². The summed E-state index contributed by atoms with van der Waals surface area (Å²) in [7, 11) is 0. The highest BCUT2D eigenvalue weighted by atomic mass is 16.3. The highest BCUT2D eigenvalue weighted by molar-refractivity contribution is 5.89. The van der Waals surface area contributed by atoms with E-state index in [1.807, 2.05) is 30.3 Å². The number of carbonyl (C=O) groups excluding carboxylic acids is 1. The molecule has 0 unspecified atom stereocenters. The minimum absolute atomic E-state index is 0.194. The Morgan fingerprint density at radius 3 is 2.06 bits per heavy atom. The lowest BCUT2D eigenvalue weighted by Crippen LogP contribution is -2.66. The van der Waals surface area contributed by atoms with Gasteiger partial charge in [-0.25, -0.2) is 0 Å². The third-order valence-electron chi connectivity index (χ3n) is 12.0. The fourth-order valence-corrected chi connectivity index (χ4v) is 8.99. The van der Waals surface area contributed by atoms with Gasteiger partial charge in [0.2, 0.25) is 5.91 Å². The predicted octanol–water partition coefficient (Wildman–Crippen LogP) is 6.23. The van der Waals surface area contributed by atoms with Crippen LogP contribution in [-0.2, 0) is 10.2 Å². The number of piperidine rings is 3. The minimum Gasteiger partial charge on any atom is -0.507 e. The Labute approximate surface area is 290 Å². The van der Waals surface area contributed by atoms with Crippen molar-refractivity contribution in [1.29, 1.82) is 0 Å². The lowest BCUT2D eigenvalue weighted by Gasteiger charge is -2.57. The van der Waals surface area contributed by atoms with Crippen molar-refractivity contribution in [1.82, 2.24) is 20.0 Å². The summed E-state index contributed by atoms with van der Waals surface area (Å²) < 4.78 is 0. The van der Waals surface area contributed by atoms with Crippen molar-refractivity contribution in [2.24, 2.45) is 11.3 Å². The van der Waals surface area contributed by atoms with Crippen LogP contribution in [0.2, 0.25) is 0 Å². The second kappa shape index (κ2) is 13.5. The van der Waals surface area contributed by atoms with E-state index in [1.165, 1.54) is 37.9 Å². The van der Waals surface area contributed by atoms with Gasteiger partial charge in [-0.15, -0.1) is 0 Å². The molecule has 3 aromatic carbocycles. The first-order chi connectivity index (χ1) is 24.0. The molecule has 8 heteroatoms. The van der Waals surface area contributed by atoms with Crippen molar-refractivity contribution < 1.29 is 9.90 Å².